The summed E-state index contributed by atoms with van der Waals surface area (Å²) >= 11 is 13.1. The Hall–Kier alpha value is -1.66. The van der Waals surface area contributed by atoms with E-state index in [9.17, 15) is 5.11 Å². The van der Waals surface area contributed by atoms with Crippen LogP contribution in [0.2, 0.25) is 5.02 Å². The molecule has 0 saturated carbocycles. The molecule has 4 rings (SSSR count). The predicted molar refractivity (Wildman–Crippen MR) is 121 cm³/mol. The predicted octanol–water partition coefficient (Wildman–Crippen LogP) is 6.79. The lowest BCUT2D eigenvalue weighted by molar-refractivity contribution is 0.412. The SMILES string of the molecule is Oc1ccc(Br)cc1[C@H]1CC(c2ccc(Br)cc2)=N[C@H](c2ccc(Cl)cc2)N1. The molecule has 0 bridgehead atoms. The van der Waals surface area contributed by atoms with Crippen molar-refractivity contribution in [2.45, 2.75) is 18.6 Å². The summed E-state index contributed by atoms with van der Waals surface area (Å²) in [7, 11) is 0. The van der Waals surface area contributed by atoms with Gasteiger partial charge in [-0.1, -0.05) is 67.7 Å². The molecular formula is C22H17Br2ClN2O. The number of benzene rings is 3. The third kappa shape index (κ3) is 4.33. The Kier molecular flexibility index (Phi) is 5.88. The molecule has 1 heterocycles. The van der Waals surface area contributed by atoms with Gasteiger partial charge in [0.15, 0.2) is 0 Å². The summed E-state index contributed by atoms with van der Waals surface area (Å²) in [4.78, 5) is 4.96. The van der Waals surface area contributed by atoms with Gasteiger partial charge in [0.25, 0.3) is 0 Å². The molecular weight excluding hydrogens is 504 g/mol. The van der Waals surface area contributed by atoms with Gasteiger partial charge in [0.1, 0.15) is 11.9 Å². The summed E-state index contributed by atoms with van der Waals surface area (Å²) in [6.07, 6.45) is 0.448. The number of rotatable bonds is 3. The van der Waals surface area contributed by atoms with Crippen molar-refractivity contribution in [2.24, 2.45) is 4.99 Å². The van der Waals surface area contributed by atoms with Crippen molar-refractivity contribution in [2.75, 3.05) is 0 Å². The Morgan fingerprint density at radius 2 is 1.61 bits per heavy atom. The Morgan fingerprint density at radius 3 is 2.32 bits per heavy atom. The van der Waals surface area contributed by atoms with Crippen molar-refractivity contribution < 1.29 is 5.11 Å². The fraction of sp³-hybridized carbons (Fsp3) is 0.136. The third-order valence-electron chi connectivity index (χ3n) is 4.77. The van der Waals surface area contributed by atoms with Crippen LogP contribution in [0.25, 0.3) is 0 Å². The van der Waals surface area contributed by atoms with Gasteiger partial charge in [0.05, 0.1) is 0 Å². The Balaban J connectivity index is 1.76. The summed E-state index contributed by atoms with van der Waals surface area (Å²) in [6, 6.07) is 21.3. The van der Waals surface area contributed by atoms with E-state index in [2.05, 4.69) is 49.3 Å². The fourth-order valence-corrected chi connectivity index (χ4v) is 4.11. The highest BCUT2D eigenvalue weighted by molar-refractivity contribution is 9.10. The molecule has 1 aliphatic rings. The van der Waals surface area contributed by atoms with Crippen LogP contribution in [0, 0.1) is 0 Å². The minimum atomic E-state index is -0.229. The molecule has 0 fully saturated rings. The van der Waals surface area contributed by atoms with Crippen LogP contribution in [0.4, 0.5) is 0 Å². The molecule has 0 radical (unpaired) electrons. The van der Waals surface area contributed by atoms with Gasteiger partial charge in [0.2, 0.25) is 0 Å². The van der Waals surface area contributed by atoms with Crippen molar-refractivity contribution in [1.82, 2.24) is 5.32 Å². The van der Waals surface area contributed by atoms with E-state index in [1.165, 1.54) is 0 Å². The maximum Gasteiger partial charge on any atom is 0.126 e. The average Bonchev–Trinajstić information content (AvgIpc) is 2.70. The van der Waals surface area contributed by atoms with E-state index < -0.39 is 0 Å². The molecule has 28 heavy (non-hydrogen) atoms. The molecule has 3 aromatic carbocycles. The highest BCUT2D eigenvalue weighted by Crippen LogP contribution is 2.36. The van der Waals surface area contributed by atoms with Crippen molar-refractivity contribution in [1.29, 1.82) is 0 Å². The molecule has 0 spiro atoms. The van der Waals surface area contributed by atoms with Gasteiger partial charge in [-0.2, -0.15) is 0 Å². The van der Waals surface area contributed by atoms with Gasteiger partial charge in [-0.15, -0.1) is 0 Å². The van der Waals surface area contributed by atoms with E-state index in [-0.39, 0.29) is 18.0 Å². The zero-order valence-corrected chi connectivity index (χ0v) is 18.7. The molecule has 0 saturated heterocycles. The smallest absolute Gasteiger partial charge is 0.126 e. The van der Waals surface area contributed by atoms with Crippen LogP contribution in [0.15, 0.2) is 80.7 Å². The van der Waals surface area contributed by atoms with Gasteiger partial charge < -0.3 is 5.11 Å². The van der Waals surface area contributed by atoms with E-state index in [4.69, 9.17) is 16.6 Å². The van der Waals surface area contributed by atoms with Crippen molar-refractivity contribution in [3.8, 4) is 5.75 Å². The van der Waals surface area contributed by atoms with E-state index in [1.54, 1.807) is 6.07 Å². The molecule has 2 atom stereocenters. The van der Waals surface area contributed by atoms with Crippen LogP contribution in [-0.2, 0) is 0 Å². The first-order valence-corrected chi connectivity index (χ1v) is 10.8. The second kappa shape index (κ2) is 8.37. The van der Waals surface area contributed by atoms with Gasteiger partial charge >= 0.3 is 0 Å². The zero-order valence-electron chi connectivity index (χ0n) is 14.7. The monoisotopic (exact) mass is 518 g/mol. The quantitative estimate of drug-likeness (QED) is 0.399. The number of halogens is 3. The maximum absolute atomic E-state index is 10.4. The molecule has 0 aliphatic carbocycles. The minimum absolute atomic E-state index is 0.0747. The summed E-state index contributed by atoms with van der Waals surface area (Å²) in [5.74, 6) is 0.271. The first kappa shape index (κ1) is 19.6. The largest absolute Gasteiger partial charge is 0.508 e. The lowest BCUT2D eigenvalue weighted by atomic mass is 9.93. The Labute approximate surface area is 185 Å². The molecule has 0 aromatic heterocycles. The van der Waals surface area contributed by atoms with E-state index in [1.807, 2.05) is 48.5 Å². The zero-order chi connectivity index (χ0) is 19.7. The Bertz CT molecular complexity index is 1020. The second-order valence-corrected chi connectivity index (χ2v) is 8.93. The number of aliphatic imine (C=N–C) groups is 1. The standard InChI is InChI=1S/C22H17Br2ClN2O/c23-15-5-1-13(2-6-15)19-12-20(18-11-16(24)7-10-21(18)28)27-22(26-19)14-3-8-17(25)9-4-14/h1-11,20,22,27-28H,12H2/t20-,22+/m1/s1. The van der Waals surface area contributed by atoms with E-state index in [0.29, 0.717) is 11.4 Å². The van der Waals surface area contributed by atoms with Crippen molar-refractivity contribution >= 4 is 49.2 Å². The summed E-state index contributed by atoms with van der Waals surface area (Å²) < 4.78 is 1.96. The summed E-state index contributed by atoms with van der Waals surface area (Å²) in [5.41, 5.74) is 3.94. The molecule has 0 amide bonds. The number of nitrogens with zero attached hydrogens (tertiary/aromatic N) is 1. The molecule has 3 aromatic rings. The van der Waals surface area contributed by atoms with Crippen molar-refractivity contribution in [3.05, 3.63) is 97.4 Å². The first-order chi connectivity index (χ1) is 13.5. The number of phenols is 1. The molecule has 2 N–H and O–H groups in total. The first-order valence-electron chi connectivity index (χ1n) is 8.82. The van der Waals surface area contributed by atoms with Crippen LogP contribution in [0.1, 0.15) is 35.3 Å². The van der Waals surface area contributed by atoms with Gasteiger partial charge in [-0.3, -0.25) is 10.3 Å². The van der Waals surface area contributed by atoms with Crippen LogP contribution in [0.3, 0.4) is 0 Å². The van der Waals surface area contributed by atoms with Crippen LogP contribution >= 0.6 is 43.5 Å². The van der Waals surface area contributed by atoms with Crippen LogP contribution < -0.4 is 5.32 Å². The maximum atomic E-state index is 10.4. The lowest BCUT2D eigenvalue weighted by Crippen LogP contribution is -2.33. The van der Waals surface area contributed by atoms with Crippen LogP contribution in [-0.4, -0.2) is 10.8 Å². The third-order valence-corrected chi connectivity index (χ3v) is 6.04. The Morgan fingerprint density at radius 1 is 0.929 bits per heavy atom. The number of hydrogen-bond donors (Lipinski definition) is 2. The van der Waals surface area contributed by atoms with Gasteiger partial charge in [-0.05, 0) is 53.6 Å². The summed E-state index contributed by atoms with van der Waals surface area (Å²) in [6.45, 7) is 0. The second-order valence-electron chi connectivity index (χ2n) is 6.66. The topological polar surface area (TPSA) is 44.6 Å². The van der Waals surface area contributed by atoms with Crippen LogP contribution in [0.5, 0.6) is 5.75 Å². The molecule has 3 nitrogen and oxygen atoms in total. The molecule has 0 unspecified atom stereocenters. The molecule has 1 aliphatic heterocycles. The number of phenolic OH excluding ortho intramolecular Hbond substituents is 1. The minimum Gasteiger partial charge on any atom is -0.508 e. The van der Waals surface area contributed by atoms with Gasteiger partial charge in [-0.25, -0.2) is 0 Å². The highest BCUT2D eigenvalue weighted by Gasteiger charge is 2.27. The van der Waals surface area contributed by atoms with E-state index in [0.717, 1.165) is 31.3 Å². The summed E-state index contributed by atoms with van der Waals surface area (Å²) in [5, 5.41) is 14.7. The molecule has 6 heteroatoms. The van der Waals surface area contributed by atoms with Crippen molar-refractivity contribution in [3.63, 3.8) is 0 Å². The average molecular weight is 521 g/mol. The lowest BCUT2D eigenvalue weighted by Gasteiger charge is -2.31. The highest BCUT2D eigenvalue weighted by atomic mass is 79.9. The number of hydrogen-bond acceptors (Lipinski definition) is 3. The van der Waals surface area contributed by atoms with Gasteiger partial charge in [0, 0.05) is 37.7 Å². The normalized spacial score (nSPS) is 19.3. The molecule has 142 valence electrons. The van der Waals surface area contributed by atoms with E-state index >= 15 is 0 Å². The fourth-order valence-electron chi connectivity index (χ4n) is 3.34. The number of aromatic hydroxyl groups is 1. The number of nitrogens with one attached hydrogen (secondary N) is 1.